The van der Waals surface area contributed by atoms with Crippen molar-refractivity contribution >= 4 is 28.9 Å². The molecule has 0 saturated heterocycles. The van der Waals surface area contributed by atoms with Gasteiger partial charge in [0.25, 0.3) is 0 Å². The quantitative estimate of drug-likeness (QED) is 0.439. The second-order valence-corrected chi connectivity index (χ2v) is 7.29. The molecule has 1 amide bonds. The number of esters is 1. The van der Waals surface area contributed by atoms with Crippen LogP contribution < -0.4 is 0 Å². The summed E-state index contributed by atoms with van der Waals surface area (Å²) in [6.45, 7) is 5.21. The van der Waals surface area contributed by atoms with Gasteiger partial charge >= 0.3 is 5.97 Å². The highest BCUT2D eigenvalue weighted by atomic mass is 16.5. The predicted molar refractivity (Wildman–Crippen MR) is 120 cm³/mol. The van der Waals surface area contributed by atoms with Crippen LogP contribution in [0, 0.1) is 6.92 Å². The smallest absolute Gasteiger partial charge is 0.330 e. The topological polar surface area (TPSA) is 62.4 Å². The number of H-pyrrole nitrogens is 1. The highest BCUT2D eigenvalue weighted by Gasteiger charge is 2.15. The van der Waals surface area contributed by atoms with Crippen LogP contribution in [0.2, 0.25) is 0 Å². The molecule has 3 aromatic rings. The van der Waals surface area contributed by atoms with Gasteiger partial charge in [0.2, 0.25) is 5.91 Å². The van der Waals surface area contributed by atoms with Gasteiger partial charge in [-0.1, -0.05) is 49.4 Å². The summed E-state index contributed by atoms with van der Waals surface area (Å²) in [5.74, 6) is -0.242. The van der Waals surface area contributed by atoms with Gasteiger partial charge in [0.15, 0.2) is 0 Å². The molecule has 0 aliphatic rings. The standard InChI is InChI=1S/C25H28N2O3/c1-4-24(28)27(16-15-21-18(2)26-23-8-6-5-7-22(21)23)17-20-11-9-19(10-12-20)13-14-25(29)30-3/h5-14,26H,4,15-17H2,1-3H3/b14-13+. The molecular formula is C25H28N2O3. The van der Waals surface area contributed by atoms with E-state index in [9.17, 15) is 9.59 Å². The zero-order valence-corrected chi connectivity index (χ0v) is 17.8. The minimum Gasteiger partial charge on any atom is -0.466 e. The molecule has 0 atom stereocenters. The van der Waals surface area contributed by atoms with E-state index >= 15 is 0 Å². The number of fused-ring (bicyclic) bond motifs is 1. The Labute approximate surface area is 177 Å². The van der Waals surface area contributed by atoms with E-state index in [4.69, 9.17) is 0 Å². The molecule has 0 radical (unpaired) electrons. The number of aryl methyl sites for hydroxylation is 1. The third-order valence-corrected chi connectivity index (χ3v) is 5.28. The fourth-order valence-electron chi connectivity index (χ4n) is 3.61. The van der Waals surface area contributed by atoms with Crippen molar-refractivity contribution in [3.05, 3.63) is 77.0 Å². The third kappa shape index (κ3) is 5.17. The maximum atomic E-state index is 12.6. The van der Waals surface area contributed by atoms with E-state index in [1.165, 1.54) is 24.1 Å². The number of methoxy groups -OCH3 is 1. The fourth-order valence-corrected chi connectivity index (χ4v) is 3.61. The number of rotatable bonds is 8. The van der Waals surface area contributed by atoms with E-state index in [0.29, 0.717) is 19.5 Å². The summed E-state index contributed by atoms with van der Waals surface area (Å²) in [6, 6.07) is 16.1. The first kappa shape index (κ1) is 21.4. The maximum absolute atomic E-state index is 12.6. The van der Waals surface area contributed by atoms with Crippen molar-refractivity contribution in [3.63, 3.8) is 0 Å². The Bertz CT molecular complexity index is 1050. The second-order valence-electron chi connectivity index (χ2n) is 7.29. The molecule has 0 unspecified atom stereocenters. The molecule has 0 spiro atoms. The number of carbonyl (C=O) groups is 2. The molecular weight excluding hydrogens is 376 g/mol. The summed E-state index contributed by atoms with van der Waals surface area (Å²) in [5.41, 5.74) is 5.52. The predicted octanol–water partition coefficient (Wildman–Crippen LogP) is 4.64. The number of amides is 1. The summed E-state index contributed by atoms with van der Waals surface area (Å²) >= 11 is 0. The molecule has 1 heterocycles. The summed E-state index contributed by atoms with van der Waals surface area (Å²) in [6.07, 6.45) is 4.39. The average molecular weight is 405 g/mol. The van der Waals surface area contributed by atoms with Gasteiger partial charge in [-0.2, -0.15) is 0 Å². The Hall–Kier alpha value is -3.34. The van der Waals surface area contributed by atoms with Crippen molar-refractivity contribution < 1.29 is 14.3 Å². The Balaban J connectivity index is 1.70. The largest absolute Gasteiger partial charge is 0.466 e. The molecule has 2 aromatic carbocycles. The summed E-state index contributed by atoms with van der Waals surface area (Å²) < 4.78 is 4.61. The van der Waals surface area contributed by atoms with E-state index in [2.05, 4.69) is 28.8 Å². The highest BCUT2D eigenvalue weighted by Crippen LogP contribution is 2.23. The summed E-state index contributed by atoms with van der Waals surface area (Å²) in [7, 11) is 1.35. The Morgan fingerprint density at radius 2 is 1.83 bits per heavy atom. The number of para-hydroxylation sites is 1. The first-order chi connectivity index (χ1) is 14.5. The number of benzene rings is 2. The normalized spacial score (nSPS) is 11.2. The molecule has 3 rings (SSSR count). The van der Waals surface area contributed by atoms with Gasteiger partial charge in [-0.3, -0.25) is 4.79 Å². The maximum Gasteiger partial charge on any atom is 0.330 e. The van der Waals surface area contributed by atoms with Crippen LogP contribution in [0.15, 0.2) is 54.6 Å². The molecule has 30 heavy (non-hydrogen) atoms. The van der Waals surface area contributed by atoms with Crippen molar-refractivity contribution in [2.75, 3.05) is 13.7 Å². The molecule has 5 nitrogen and oxygen atoms in total. The van der Waals surface area contributed by atoms with Gasteiger partial charge in [0.1, 0.15) is 0 Å². The van der Waals surface area contributed by atoms with Crippen LogP contribution in [0.3, 0.4) is 0 Å². The molecule has 0 fully saturated rings. The molecule has 1 aromatic heterocycles. The SMILES string of the molecule is CCC(=O)N(CCc1c(C)[nH]c2ccccc12)Cc1ccc(/C=C/C(=O)OC)cc1. The third-order valence-electron chi connectivity index (χ3n) is 5.28. The average Bonchev–Trinajstić information content (AvgIpc) is 3.10. The van der Waals surface area contributed by atoms with Crippen LogP contribution in [-0.2, 0) is 27.3 Å². The van der Waals surface area contributed by atoms with Gasteiger partial charge in [-0.05, 0) is 42.2 Å². The zero-order valence-electron chi connectivity index (χ0n) is 17.8. The molecule has 5 heteroatoms. The lowest BCUT2D eigenvalue weighted by atomic mass is 10.1. The Morgan fingerprint density at radius 3 is 2.53 bits per heavy atom. The van der Waals surface area contributed by atoms with Crippen molar-refractivity contribution in [1.29, 1.82) is 0 Å². The molecule has 0 aliphatic carbocycles. The van der Waals surface area contributed by atoms with Crippen LogP contribution in [0.5, 0.6) is 0 Å². The number of aromatic nitrogens is 1. The number of hydrogen-bond donors (Lipinski definition) is 1. The summed E-state index contributed by atoms with van der Waals surface area (Å²) in [4.78, 5) is 29.1. The lowest BCUT2D eigenvalue weighted by Crippen LogP contribution is -2.31. The van der Waals surface area contributed by atoms with Crippen LogP contribution >= 0.6 is 0 Å². The number of ether oxygens (including phenoxy) is 1. The van der Waals surface area contributed by atoms with E-state index in [1.54, 1.807) is 6.08 Å². The van der Waals surface area contributed by atoms with Crippen LogP contribution in [-0.4, -0.2) is 35.4 Å². The highest BCUT2D eigenvalue weighted by molar-refractivity contribution is 5.87. The minimum atomic E-state index is -0.383. The molecule has 0 saturated carbocycles. The van der Waals surface area contributed by atoms with Gasteiger partial charge in [-0.25, -0.2) is 4.79 Å². The van der Waals surface area contributed by atoms with Gasteiger partial charge in [0.05, 0.1) is 7.11 Å². The molecule has 0 bridgehead atoms. The van der Waals surface area contributed by atoms with Crippen molar-refractivity contribution in [2.24, 2.45) is 0 Å². The fraction of sp³-hybridized carbons (Fsp3) is 0.280. The van der Waals surface area contributed by atoms with Crippen LogP contribution in [0.25, 0.3) is 17.0 Å². The van der Waals surface area contributed by atoms with Crippen LogP contribution in [0.4, 0.5) is 0 Å². The molecule has 156 valence electrons. The van der Waals surface area contributed by atoms with E-state index < -0.39 is 0 Å². The zero-order chi connectivity index (χ0) is 21.5. The van der Waals surface area contributed by atoms with Gasteiger partial charge in [-0.15, -0.1) is 0 Å². The lowest BCUT2D eigenvalue weighted by molar-refractivity contribution is -0.134. The van der Waals surface area contributed by atoms with E-state index in [-0.39, 0.29) is 11.9 Å². The van der Waals surface area contributed by atoms with E-state index in [0.717, 1.165) is 28.8 Å². The van der Waals surface area contributed by atoms with Crippen LogP contribution in [0.1, 0.15) is 35.7 Å². The Kier molecular flexibility index (Phi) is 7.07. The summed E-state index contributed by atoms with van der Waals surface area (Å²) in [5, 5.41) is 1.22. The second kappa shape index (κ2) is 9.92. The number of carbonyl (C=O) groups excluding carboxylic acids is 2. The molecule has 0 aliphatic heterocycles. The number of nitrogens with zero attached hydrogens (tertiary/aromatic N) is 1. The van der Waals surface area contributed by atoms with Crippen molar-refractivity contribution in [3.8, 4) is 0 Å². The van der Waals surface area contributed by atoms with Crippen molar-refractivity contribution in [1.82, 2.24) is 9.88 Å². The minimum absolute atomic E-state index is 0.141. The number of nitrogens with one attached hydrogen (secondary N) is 1. The van der Waals surface area contributed by atoms with Gasteiger partial charge < -0.3 is 14.6 Å². The van der Waals surface area contributed by atoms with Gasteiger partial charge in [0, 0.05) is 42.2 Å². The lowest BCUT2D eigenvalue weighted by Gasteiger charge is -2.22. The first-order valence-corrected chi connectivity index (χ1v) is 10.2. The van der Waals surface area contributed by atoms with Crippen molar-refractivity contribution in [2.45, 2.75) is 33.2 Å². The van der Waals surface area contributed by atoms with E-state index in [1.807, 2.05) is 48.2 Å². The monoisotopic (exact) mass is 404 g/mol. The Morgan fingerprint density at radius 1 is 1.10 bits per heavy atom. The molecule has 1 N–H and O–H groups in total. The number of hydrogen-bond acceptors (Lipinski definition) is 3. The number of aromatic amines is 1. The first-order valence-electron chi connectivity index (χ1n) is 10.2.